The van der Waals surface area contributed by atoms with Gasteiger partial charge in [-0.2, -0.15) is 0 Å². The fourth-order valence-corrected chi connectivity index (χ4v) is 4.10. The van der Waals surface area contributed by atoms with E-state index >= 15 is 0 Å². The van der Waals surface area contributed by atoms with Gasteiger partial charge in [0.15, 0.2) is 5.78 Å². The summed E-state index contributed by atoms with van der Waals surface area (Å²) in [6, 6.07) is 13.9. The number of hydrogen-bond donors (Lipinski definition) is 1. The molecule has 0 fully saturated rings. The summed E-state index contributed by atoms with van der Waals surface area (Å²) in [6.07, 6.45) is 0.759. The van der Waals surface area contributed by atoms with Crippen LogP contribution in [0.2, 0.25) is 0 Å². The first-order valence-corrected chi connectivity index (χ1v) is 10.2. The summed E-state index contributed by atoms with van der Waals surface area (Å²) in [5.74, 6) is -1.13. The van der Waals surface area contributed by atoms with Crippen molar-refractivity contribution in [3.05, 3.63) is 87.6 Å². The Morgan fingerprint density at radius 3 is 2.47 bits per heavy atom. The zero-order valence-electron chi connectivity index (χ0n) is 18.1. The maximum absolute atomic E-state index is 14.1. The van der Waals surface area contributed by atoms with Gasteiger partial charge in [0.25, 0.3) is 11.5 Å². The highest BCUT2D eigenvalue weighted by atomic mass is 19.1. The van der Waals surface area contributed by atoms with Gasteiger partial charge in [0.05, 0.1) is 18.5 Å². The van der Waals surface area contributed by atoms with Crippen molar-refractivity contribution >= 4 is 17.4 Å². The first-order chi connectivity index (χ1) is 15.2. The molecule has 1 amide bonds. The second kappa shape index (κ2) is 8.07. The average Bonchev–Trinajstić information content (AvgIpc) is 2.74. The minimum Gasteiger partial charge on any atom is -0.495 e. The maximum atomic E-state index is 14.1. The molecule has 0 saturated carbocycles. The van der Waals surface area contributed by atoms with Crippen molar-refractivity contribution in [2.75, 3.05) is 12.4 Å². The molecular formula is C25H23FN2O4. The van der Waals surface area contributed by atoms with Crippen LogP contribution in [-0.4, -0.2) is 23.4 Å². The maximum Gasteiger partial charge on any atom is 0.268 e. The number of hydrogen-bond acceptors (Lipinski definition) is 4. The van der Waals surface area contributed by atoms with Gasteiger partial charge in [-0.25, -0.2) is 4.39 Å². The van der Waals surface area contributed by atoms with Gasteiger partial charge < -0.3 is 10.1 Å². The molecule has 1 aliphatic carbocycles. The lowest BCUT2D eigenvalue weighted by Gasteiger charge is -2.32. The van der Waals surface area contributed by atoms with Crippen LogP contribution in [0.5, 0.6) is 5.75 Å². The lowest BCUT2D eigenvalue weighted by Crippen LogP contribution is -2.37. The molecule has 0 radical (unpaired) electrons. The Labute approximate surface area is 184 Å². The van der Waals surface area contributed by atoms with Crippen molar-refractivity contribution in [2.24, 2.45) is 5.41 Å². The van der Waals surface area contributed by atoms with E-state index in [-0.39, 0.29) is 22.4 Å². The number of ketones is 1. The summed E-state index contributed by atoms with van der Waals surface area (Å²) in [6.45, 7) is 3.92. The van der Waals surface area contributed by atoms with Crippen LogP contribution in [0.3, 0.4) is 0 Å². The van der Waals surface area contributed by atoms with E-state index in [2.05, 4.69) is 5.32 Å². The van der Waals surface area contributed by atoms with Crippen LogP contribution in [0.15, 0.2) is 59.4 Å². The van der Waals surface area contributed by atoms with Crippen molar-refractivity contribution in [1.82, 2.24) is 4.57 Å². The minimum atomic E-state index is -0.788. The van der Waals surface area contributed by atoms with Gasteiger partial charge in [0.1, 0.15) is 17.1 Å². The highest BCUT2D eigenvalue weighted by Gasteiger charge is 2.35. The summed E-state index contributed by atoms with van der Waals surface area (Å²) in [5.41, 5.74) is 0.0282. The van der Waals surface area contributed by atoms with E-state index in [4.69, 9.17) is 4.74 Å². The summed E-state index contributed by atoms with van der Waals surface area (Å²) >= 11 is 0. The van der Waals surface area contributed by atoms with E-state index < -0.39 is 17.3 Å². The lowest BCUT2D eigenvalue weighted by molar-refractivity contribution is 0.0908. The van der Waals surface area contributed by atoms with Crippen LogP contribution in [0, 0.1) is 11.2 Å². The number of nitrogens with one attached hydrogen (secondary N) is 1. The van der Waals surface area contributed by atoms with E-state index in [1.807, 2.05) is 13.8 Å². The van der Waals surface area contributed by atoms with Gasteiger partial charge in [-0.3, -0.25) is 19.0 Å². The molecule has 164 valence electrons. The first-order valence-electron chi connectivity index (χ1n) is 10.2. The number of aromatic nitrogens is 1. The van der Waals surface area contributed by atoms with Crippen LogP contribution < -0.4 is 15.6 Å². The van der Waals surface area contributed by atoms with Gasteiger partial charge >= 0.3 is 0 Å². The number of rotatable bonds is 4. The molecule has 1 N–H and O–H groups in total. The Bertz CT molecular complexity index is 1290. The number of halogens is 1. The Morgan fingerprint density at radius 2 is 1.75 bits per heavy atom. The second-order valence-electron chi connectivity index (χ2n) is 8.61. The molecule has 1 aromatic heterocycles. The Morgan fingerprint density at radius 1 is 1.06 bits per heavy atom. The molecule has 0 atom stereocenters. The molecule has 3 aromatic rings. The number of fused-ring (bicyclic) bond motifs is 1. The predicted octanol–water partition coefficient (Wildman–Crippen LogP) is 4.39. The minimum absolute atomic E-state index is 0.0501. The number of anilines is 1. The molecule has 0 saturated heterocycles. The summed E-state index contributed by atoms with van der Waals surface area (Å²) in [5, 5.41) is 2.44. The van der Waals surface area contributed by atoms with Crippen LogP contribution in [0.4, 0.5) is 10.1 Å². The summed E-state index contributed by atoms with van der Waals surface area (Å²) in [4.78, 5) is 39.6. The molecule has 2 aromatic carbocycles. The highest BCUT2D eigenvalue weighted by molar-refractivity contribution is 6.07. The molecule has 0 unspecified atom stereocenters. The van der Waals surface area contributed by atoms with Crippen LogP contribution in [0.25, 0.3) is 5.69 Å². The van der Waals surface area contributed by atoms with Crippen LogP contribution >= 0.6 is 0 Å². The second-order valence-corrected chi connectivity index (χ2v) is 8.61. The predicted molar refractivity (Wildman–Crippen MR) is 119 cm³/mol. The molecule has 0 spiro atoms. The summed E-state index contributed by atoms with van der Waals surface area (Å²) in [7, 11) is 1.49. The molecule has 0 aliphatic heterocycles. The quantitative estimate of drug-likeness (QED) is 0.661. The van der Waals surface area contributed by atoms with Gasteiger partial charge in [-0.1, -0.05) is 38.1 Å². The van der Waals surface area contributed by atoms with Gasteiger partial charge in [0.2, 0.25) is 0 Å². The molecule has 4 rings (SSSR count). The number of carbonyl (C=O) groups excluding carboxylic acids is 2. The molecule has 1 heterocycles. The van der Waals surface area contributed by atoms with Crippen molar-refractivity contribution in [1.29, 1.82) is 0 Å². The smallest absolute Gasteiger partial charge is 0.268 e. The number of nitrogens with zero attached hydrogens (tertiary/aromatic N) is 1. The third-order valence-electron chi connectivity index (χ3n) is 5.58. The molecule has 6 nitrogen and oxygen atoms in total. The fourth-order valence-electron chi connectivity index (χ4n) is 4.10. The lowest BCUT2D eigenvalue weighted by atomic mass is 9.75. The normalized spacial score (nSPS) is 14.6. The average molecular weight is 434 g/mol. The van der Waals surface area contributed by atoms with Crippen molar-refractivity contribution in [2.45, 2.75) is 26.7 Å². The molecule has 1 aliphatic rings. The zero-order chi connectivity index (χ0) is 23.0. The van der Waals surface area contributed by atoms with Gasteiger partial charge in [0, 0.05) is 17.7 Å². The topological polar surface area (TPSA) is 77.4 Å². The Kier molecular flexibility index (Phi) is 5.42. The van der Waals surface area contributed by atoms with Crippen molar-refractivity contribution in [3.63, 3.8) is 0 Å². The van der Waals surface area contributed by atoms with Crippen LogP contribution in [-0.2, 0) is 6.42 Å². The van der Waals surface area contributed by atoms with E-state index in [0.29, 0.717) is 35.5 Å². The van der Waals surface area contributed by atoms with E-state index in [1.165, 1.54) is 35.9 Å². The standard InChI is InChI=1S/C25H23FN2O4/c1-25(2)13-20-15(21(29)14-25)12-16(23(30)27-18-9-5-4-8-17(18)26)24(31)28(20)19-10-6-7-11-22(19)32-3/h4-12H,13-14H2,1-3H3,(H,27,30). The number of pyridine rings is 1. The SMILES string of the molecule is COc1ccccc1-n1c2c(cc(C(=O)Nc3ccccc3F)c1=O)C(=O)CC(C)(C)C2. The monoisotopic (exact) mass is 434 g/mol. The zero-order valence-corrected chi connectivity index (χ0v) is 18.1. The summed E-state index contributed by atoms with van der Waals surface area (Å²) < 4.78 is 20.9. The number of carbonyl (C=O) groups is 2. The van der Waals surface area contributed by atoms with Gasteiger partial charge in [-0.15, -0.1) is 0 Å². The Hall–Kier alpha value is -3.74. The van der Waals surface area contributed by atoms with Crippen LogP contribution in [0.1, 0.15) is 46.7 Å². The molecule has 7 heteroatoms. The number of methoxy groups -OCH3 is 1. The number of benzene rings is 2. The number of ether oxygens (including phenoxy) is 1. The first kappa shape index (κ1) is 21.5. The number of para-hydroxylation sites is 3. The van der Waals surface area contributed by atoms with E-state index in [1.54, 1.807) is 30.3 Å². The molecule has 0 bridgehead atoms. The van der Waals surface area contributed by atoms with Crippen molar-refractivity contribution < 1.29 is 18.7 Å². The fraction of sp³-hybridized carbons (Fsp3) is 0.240. The molecule has 32 heavy (non-hydrogen) atoms. The van der Waals surface area contributed by atoms with E-state index in [9.17, 15) is 18.8 Å². The number of amides is 1. The molecular weight excluding hydrogens is 411 g/mol. The largest absolute Gasteiger partial charge is 0.495 e. The number of Topliss-reactive ketones (excluding diaryl/α,β-unsaturated/α-hetero) is 1. The third-order valence-corrected chi connectivity index (χ3v) is 5.58. The van der Waals surface area contributed by atoms with Gasteiger partial charge in [-0.05, 0) is 42.2 Å². The Balaban J connectivity index is 1.95. The van der Waals surface area contributed by atoms with Crippen molar-refractivity contribution in [3.8, 4) is 11.4 Å². The van der Waals surface area contributed by atoms with E-state index in [0.717, 1.165) is 0 Å². The highest BCUT2D eigenvalue weighted by Crippen LogP contribution is 2.36. The third kappa shape index (κ3) is 3.82.